The summed E-state index contributed by atoms with van der Waals surface area (Å²) in [5, 5.41) is 8.39. The Morgan fingerprint density at radius 2 is 2.29 bits per heavy atom. The summed E-state index contributed by atoms with van der Waals surface area (Å²) in [6.07, 6.45) is 6.25. The molecule has 3 nitrogen and oxygen atoms in total. The number of nitrogens with one attached hydrogen (secondary N) is 1. The molecule has 4 heteroatoms. The second-order valence-electron chi connectivity index (χ2n) is 4.39. The number of aromatic nitrogens is 2. The van der Waals surface area contributed by atoms with Crippen molar-refractivity contribution in [1.29, 1.82) is 0 Å². The van der Waals surface area contributed by atoms with Gasteiger partial charge in [0.25, 0.3) is 0 Å². The maximum absolute atomic E-state index is 6.26. The molecule has 0 unspecified atom stereocenters. The SMILES string of the molecule is Clc1cc(CNC2CC2)ccc1-n1cccn1. The molecule has 1 heterocycles. The Balaban J connectivity index is 1.78. The van der Waals surface area contributed by atoms with E-state index in [0.717, 1.165) is 23.3 Å². The van der Waals surface area contributed by atoms with Gasteiger partial charge >= 0.3 is 0 Å². The second kappa shape index (κ2) is 4.51. The number of benzene rings is 1. The van der Waals surface area contributed by atoms with Crippen molar-refractivity contribution in [3.8, 4) is 5.69 Å². The van der Waals surface area contributed by atoms with Crippen molar-refractivity contribution in [3.05, 3.63) is 47.2 Å². The van der Waals surface area contributed by atoms with Gasteiger partial charge in [0.05, 0.1) is 10.7 Å². The molecular formula is C13H14ClN3. The molecule has 0 radical (unpaired) electrons. The van der Waals surface area contributed by atoms with Gasteiger partial charge in [-0.2, -0.15) is 5.10 Å². The average Bonchev–Trinajstić information content (AvgIpc) is 3.01. The largest absolute Gasteiger partial charge is 0.310 e. The van der Waals surface area contributed by atoms with Gasteiger partial charge in [0, 0.05) is 25.0 Å². The first-order valence-corrected chi connectivity index (χ1v) is 6.22. The van der Waals surface area contributed by atoms with Crippen LogP contribution in [-0.4, -0.2) is 15.8 Å². The van der Waals surface area contributed by atoms with E-state index in [1.807, 2.05) is 24.4 Å². The zero-order valence-electron chi connectivity index (χ0n) is 9.44. The molecule has 0 amide bonds. The molecule has 2 aromatic rings. The number of hydrogen-bond donors (Lipinski definition) is 1. The van der Waals surface area contributed by atoms with Gasteiger partial charge < -0.3 is 5.32 Å². The van der Waals surface area contributed by atoms with Gasteiger partial charge in [-0.3, -0.25) is 0 Å². The first-order chi connectivity index (χ1) is 8.33. The van der Waals surface area contributed by atoms with Crippen molar-refractivity contribution >= 4 is 11.6 Å². The van der Waals surface area contributed by atoms with Crippen LogP contribution in [0, 0.1) is 0 Å². The predicted octanol–water partition coefficient (Wildman–Crippen LogP) is 2.78. The van der Waals surface area contributed by atoms with Crippen LogP contribution in [0.2, 0.25) is 5.02 Å². The topological polar surface area (TPSA) is 29.9 Å². The Morgan fingerprint density at radius 3 is 2.94 bits per heavy atom. The van der Waals surface area contributed by atoms with E-state index in [4.69, 9.17) is 11.6 Å². The molecule has 1 aliphatic rings. The first-order valence-electron chi connectivity index (χ1n) is 5.85. The van der Waals surface area contributed by atoms with E-state index in [2.05, 4.69) is 16.5 Å². The third-order valence-corrected chi connectivity index (χ3v) is 3.24. The van der Waals surface area contributed by atoms with Crippen LogP contribution >= 0.6 is 11.6 Å². The second-order valence-corrected chi connectivity index (χ2v) is 4.80. The molecule has 1 saturated carbocycles. The number of nitrogens with zero attached hydrogens (tertiary/aromatic N) is 2. The summed E-state index contributed by atoms with van der Waals surface area (Å²) in [7, 11) is 0. The molecule has 1 aliphatic carbocycles. The van der Waals surface area contributed by atoms with E-state index in [0.29, 0.717) is 0 Å². The van der Waals surface area contributed by atoms with Gasteiger partial charge in [-0.15, -0.1) is 0 Å². The summed E-state index contributed by atoms with van der Waals surface area (Å²) in [5.41, 5.74) is 2.14. The molecule has 3 rings (SSSR count). The molecule has 0 aliphatic heterocycles. The van der Waals surface area contributed by atoms with Crippen molar-refractivity contribution in [1.82, 2.24) is 15.1 Å². The van der Waals surface area contributed by atoms with Crippen LogP contribution in [0.25, 0.3) is 5.69 Å². The summed E-state index contributed by atoms with van der Waals surface area (Å²) < 4.78 is 1.78. The molecule has 1 aromatic carbocycles. The Hall–Kier alpha value is -1.32. The van der Waals surface area contributed by atoms with Gasteiger partial charge in [-0.05, 0) is 36.6 Å². The Labute approximate surface area is 105 Å². The van der Waals surface area contributed by atoms with E-state index in [9.17, 15) is 0 Å². The van der Waals surface area contributed by atoms with Crippen LogP contribution in [0.5, 0.6) is 0 Å². The molecule has 0 saturated heterocycles. The Bertz CT molecular complexity index is 503. The van der Waals surface area contributed by atoms with Gasteiger partial charge in [0.15, 0.2) is 0 Å². The lowest BCUT2D eigenvalue weighted by molar-refractivity contribution is 0.687. The Morgan fingerprint density at radius 1 is 1.41 bits per heavy atom. The maximum Gasteiger partial charge on any atom is 0.0831 e. The van der Waals surface area contributed by atoms with E-state index in [1.54, 1.807) is 10.9 Å². The molecule has 1 fully saturated rings. The number of halogens is 1. The smallest absolute Gasteiger partial charge is 0.0831 e. The highest BCUT2D eigenvalue weighted by Gasteiger charge is 2.19. The maximum atomic E-state index is 6.26. The van der Waals surface area contributed by atoms with Crippen molar-refractivity contribution in [2.45, 2.75) is 25.4 Å². The first kappa shape index (κ1) is 10.8. The lowest BCUT2D eigenvalue weighted by Gasteiger charge is -2.08. The van der Waals surface area contributed by atoms with Crippen LogP contribution in [0.3, 0.4) is 0 Å². The molecule has 88 valence electrons. The van der Waals surface area contributed by atoms with Gasteiger partial charge in [0.2, 0.25) is 0 Å². The minimum Gasteiger partial charge on any atom is -0.310 e. The molecule has 0 bridgehead atoms. The molecule has 1 aromatic heterocycles. The van der Waals surface area contributed by atoms with Gasteiger partial charge in [-0.1, -0.05) is 17.7 Å². The lowest BCUT2D eigenvalue weighted by Crippen LogP contribution is -2.15. The fourth-order valence-electron chi connectivity index (χ4n) is 1.81. The highest BCUT2D eigenvalue weighted by Crippen LogP contribution is 2.23. The summed E-state index contributed by atoms with van der Waals surface area (Å²) in [6, 6.07) is 8.73. The zero-order valence-corrected chi connectivity index (χ0v) is 10.2. The van der Waals surface area contributed by atoms with Crippen LogP contribution < -0.4 is 5.32 Å². The third kappa shape index (κ3) is 2.51. The fraction of sp³-hybridized carbons (Fsp3) is 0.308. The summed E-state index contributed by atoms with van der Waals surface area (Å²) in [6.45, 7) is 0.893. The van der Waals surface area contributed by atoms with Crippen molar-refractivity contribution in [3.63, 3.8) is 0 Å². The minimum absolute atomic E-state index is 0.722. The highest BCUT2D eigenvalue weighted by molar-refractivity contribution is 6.32. The van der Waals surface area contributed by atoms with Crippen LogP contribution in [0.1, 0.15) is 18.4 Å². The van der Waals surface area contributed by atoms with Crippen LogP contribution in [0.15, 0.2) is 36.7 Å². The average molecular weight is 248 g/mol. The van der Waals surface area contributed by atoms with E-state index in [1.165, 1.54) is 18.4 Å². The zero-order chi connectivity index (χ0) is 11.7. The molecule has 0 spiro atoms. The Kier molecular flexibility index (Phi) is 2.87. The number of rotatable bonds is 4. The molecular weight excluding hydrogens is 234 g/mol. The quantitative estimate of drug-likeness (QED) is 0.901. The molecule has 1 N–H and O–H groups in total. The molecule has 17 heavy (non-hydrogen) atoms. The van der Waals surface area contributed by atoms with E-state index in [-0.39, 0.29) is 0 Å². The van der Waals surface area contributed by atoms with Gasteiger partial charge in [0.1, 0.15) is 0 Å². The van der Waals surface area contributed by atoms with Gasteiger partial charge in [-0.25, -0.2) is 4.68 Å². The summed E-state index contributed by atoms with van der Waals surface area (Å²) in [5.74, 6) is 0. The van der Waals surface area contributed by atoms with Crippen molar-refractivity contribution in [2.24, 2.45) is 0 Å². The standard InChI is InChI=1S/C13H14ClN3/c14-12-8-10(9-15-11-3-4-11)2-5-13(12)17-7-1-6-16-17/h1-2,5-8,11,15H,3-4,9H2. The monoisotopic (exact) mass is 247 g/mol. The normalized spacial score (nSPS) is 15.1. The summed E-state index contributed by atoms with van der Waals surface area (Å²) >= 11 is 6.26. The molecule has 0 atom stereocenters. The van der Waals surface area contributed by atoms with E-state index < -0.39 is 0 Å². The predicted molar refractivity (Wildman–Crippen MR) is 68.4 cm³/mol. The lowest BCUT2D eigenvalue weighted by atomic mass is 10.2. The van der Waals surface area contributed by atoms with E-state index >= 15 is 0 Å². The van der Waals surface area contributed by atoms with Crippen molar-refractivity contribution in [2.75, 3.05) is 0 Å². The van der Waals surface area contributed by atoms with Crippen LogP contribution in [0.4, 0.5) is 0 Å². The summed E-state index contributed by atoms with van der Waals surface area (Å²) in [4.78, 5) is 0. The minimum atomic E-state index is 0.722. The fourth-order valence-corrected chi connectivity index (χ4v) is 2.10. The number of hydrogen-bond acceptors (Lipinski definition) is 2. The third-order valence-electron chi connectivity index (χ3n) is 2.94. The van der Waals surface area contributed by atoms with Crippen LogP contribution in [-0.2, 0) is 6.54 Å². The highest BCUT2D eigenvalue weighted by atomic mass is 35.5. The van der Waals surface area contributed by atoms with Crippen molar-refractivity contribution < 1.29 is 0 Å².